The monoisotopic (exact) mass is 513 g/mol. The number of ether oxygens (including phenoxy) is 2. The molecule has 1 fully saturated rings. The van der Waals surface area contributed by atoms with Crippen molar-refractivity contribution >= 4 is 35.0 Å². The van der Waals surface area contributed by atoms with Crippen LogP contribution in [0.2, 0.25) is 0 Å². The zero-order chi connectivity index (χ0) is 27.1. The second-order valence-electron chi connectivity index (χ2n) is 8.87. The molecular weight excluding hydrogens is 482 g/mol. The summed E-state index contributed by atoms with van der Waals surface area (Å²) < 4.78 is 10.7. The van der Waals surface area contributed by atoms with E-state index in [1.54, 1.807) is 55.3 Å². The standard InChI is InChI=1S/C30H31N3O5/c1-21(34)23-10-12-25(13-11-23)32-15-17-33(18-16-32)30(36)26(29(35)31-24-7-5-4-6-8-24)19-22-9-14-27(37-2)28(20-22)38-3/h4-14,19-20H,15-18H2,1-3H3,(H,31,35). The molecule has 1 N–H and O–H groups in total. The Morgan fingerprint density at radius 3 is 2.08 bits per heavy atom. The Hall–Kier alpha value is -4.59. The highest BCUT2D eigenvalue weighted by molar-refractivity contribution is 6.25. The maximum absolute atomic E-state index is 13.7. The normalized spacial score (nSPS) is 13.6. The van der Waals surface area contributed by atoms with Gasteiger partial charge in [0.25, 0.3) is 11.8 Å². The number of Topliss-reactive ketones (excluding diaryl/α,β-unsaturated/α-hetero) is 1. The number of nitrogens with one attached hydrogen (secondary N) is 1. The first-order valence-electron chi connectivity index (χ1n) is 12.3. The maximum atomic E-state index is 13.7. The van der Waals surface area contributed by atoms with Crippen molar-refractivity contribution in [3.63, 3.8) is 0 Å². The summed E-state index contributed by atoms with van der Waals surface area (Å²) in [4.78, 5) is 42.4. The molecule has 1 heterocycles. The van der Waals surface area contributed by atoms with Crippen molar-refractivity contribution in [1.29, 1.82) is 0 Å². The van der Waals surface area contributed by atoms with Crippen molar-refractivity contribution in [3.8, 4) is 11.5 Å². The number of anilines is 2. The van der Waals surface area contributed by atoms with Crippen LogP contribution in [0.15, 0.2) is 78.4 Å². The lowest BCUT2D eigenvalue weighted by molar-refractivity contribution is -0.129. The molecule has 0 aliphatic carbocycles. The van der Waals surface area contributed by atoms with Gasteiger partial charge in [-0.1, -0.05) is 24.3 Å². The number of nitrogens with zero attached hydrogens (tertiary/aromatic N) is 2. The van der Waals surface area contributed by atoms with E-state index in [0.717, 1.165) is 5.69 Å². The van der Waals surface area contributed by atoms with Crippen molar-refractivity contribution in [2.24, 2.45) is 0 Å². The van der Waals surface area contributed by atoms with E-state index in [-0.39, 0.29) is 17.3 Å². The van der Waals surface area contributed by atoms with Gasteiger partial charge in [0, 0.05) is 43.1 Å². The molecule has 0 bridgehead atoms. The van der Waals surface area contributed by atoms with Gasteiger partial charge in [0.15, 0.2) is 17.3 Å². The Bertz CT molecular complexity index is 1330. The molecule has 3 aromatic carbocycles. The fourth-order valence-electron chi connectivity index (χ4n) is 4.30. The van der Waals surface area contributed by atoms with Crippen LogP contribution in [0.3, 0.4) is 0 Å². The summed E-state index contributed by atoms with van der Waals surface area (Å²) in [7, 11) is 3.08. The molecule has 0 atom stereocenters. The number of hydrogen-bond acceptors (Lipinski definition) is 6. The third-order valence-corrected chi connectivity index (χ3v) is 6.43. The molecule has 196 valence electrons. The molecule has 3 aromatic rings. The van der Waals surface area contributed by atoms with Gasteiger partial charge in [0.1, 0.15) is 5.57 Å². The second kappa shape index (κ2) is 12.1. The first-order valence-corrected chi connectivity index (χ1v) is 12.3. The van der Waals surface area contributed by atoms with Crippen molar-refractivity contribution in [2.45, 2.75) is 6.92 Å². The molecule has 8 nitrogen and oxygen atoms in total. The van der Waals surface area contributed by atoms with E-state index < -0.39 is 5.91 Å². The molecule has 2 amide bonds. The zero-order valence-corrected chi connectivity index (χ0v) is 21.8. The Morgan fingerprint density at radius 1 is 0.816 bits per heavy atom. The van der Waals surface area contributed by atoms with Crippen molar-refractivity contribution in [2.75, 3.05) is 50.6 Å². The SMILES string of the molecule is COc1ccc(C=C(C(=O)Nc2ccccc2)C(=O)N2CCN(c3ccc(C(C)=O)cc3)CC2)cc1OC. The van der Waals surface area contributed by atoms with Gasteiger partial charge in [-0.05, 0) is 67.1 Å². The number of ketones is 1. The maximum Gasteiger partial charge on any atom is 0.261 e. The minimum absolute atomic E-state index is 0.0227. The van der Waals surface area contributed by atoms with Crippen LogP contribution < -0.4 is 19.7 Å². The van der Waals surface area contributed by atoms with E-state index >= 15 is 0 Å². The Balaban J connectivity index is 1.55. The number of benzene rings is 3. The molecule has 1 aliphatic heterocycles. The summed E-state index contributed by atoms with van der Waals surface area (Å²) >= 11 is 0. The van der Waals surface area contributed by atoms with Crippen LogP contribution in [0, 0.1) is 0 Å². The van der Waals surface area contributed by atoms with Crippen molar-refractivity contribution in [1.82, 2.24) is 4.90 Å². The van der Waals surface area contributed by atoms with E-state index in [0.29, 0.717) is 54.5 Å². The smallest absolute Gasteiger partial charge is 0.261 e. The van der Waals surface area contributed by atoms with Gasteiger partial charge in [-0.2, -0.15) is 0 Å². The molecule has 1 aliphatic rings. The van der Waals surface area contributed by atoms with Gasteiger partial charge in [0.2, 0.25) is 0 Å². The third-order valence-electron chi connectivity index (χ3n) is 6.43. The van der Waals surface area contributed by atoms with Gasteiger partial charge >= 0.3 is 0 Å². The van der Waals surface area contributed by atoms with Gasteiger partial charge in [-0.3, -0.25) is 14.4 Å². The number of methoxy groups -OCH3 is 2. The molecule has 0 spiro atoms. The molecule has 0 radical (unpaired) electrons. The quantitative estimate of drug-likeness (QED) is 0.209. The summed E-state index contributed by atoms with van der Waals surface area (Å²) in [6.45, 7) is 3.66. The number of para-hydroxylation sites is 1. The Kier molecular flexibility index (Phi) is 8.43. The lowest BCUT2D eigenvalue weighted by atomic mass is 10.1. The first-order chi connectivity index (χ1) is 18.4. The van der Waals surface area contributed by atoms with Crippen LogP contribution >= 0.6 is 0 Å². The molecule has 0 aromatic heterocycles. The van der Waals surface area contributed by atoms with E-state index in [9.17, 15) is 14.4 Å². The fraction of sp³-hybridized carbons (Fsp3) is 0.233. The van der Waals surface area contributed by atoms with Crippen LogP contribution in [0.25, 0.3) is 6.08 Å². The zero-order valence-electron chi connectivity index (χ0n) is 21.8. The molecule has 8 heteroatoms. The molecule has 0 unspecified atom stereocenters. The fourth-order valence-corrected chi connectivity index (χ4v) is 4.30. The highest BCUT2D eigenvalue weighted by Gasteiger charge is 2.28. The number of amides is 2. The van der Waals surface area contributed by atoms with Gasteiger partial charge in [0.05, 0.1) is 14.2 Å². The largest absolute Gasteiger partial charge is 0.493 e. The van der Waals surface area contributed by atoms with E-state index in [4.69, 9.17) is 9.47 Å². The minimum Gasteiger partial charge on any atom is -0.493 e. The van der Waals surface area contributed by atoms with Gasteiger partial charge in [-0.15, -0.1) is 0 Å². The number of rotatable bonds is 8. The molecule has 1 saturated heterocycles. The predicted octanol–water partition coefficient (Wildman–Crippen LogP) is 4.28. The molecule has 0 saturated carbocycles. The predicted molar refractivity (Wildman–Crippen MR) is 148 cm³/mol. The molecule has 4 rings (SSSR count). The van der Waals surface area contributed by atoms with Crippen LogP contribution in [-0.2, 0) is 9.59 Å². The number of carbonyl (C=O) groups is 3. The second-order valence-corrected chi connectivity index (χ2v) is 8.87. The molecular formula is C30H31N3O5. The summed E-state index contributed by atoms with van der Waals surface area (Å²) in [5, 5.41) is 2.83. The van der Waals surface area contributed by atoms with Crippen LogP contribution in [0.1, 0.15) is 22.8 Å². The van der Waals surface area contributed by atoms with E-state index in [1.807, 2.05) is 42.5 Å². The summed E-state index contributed by atoms with van der Waals surface area (Å²) in [6.07, 6.45) is 1.58. The van der Waals surface area contributed by atoms with Crippen LogP contribution in [0.4, 0.5) is 11.4 Å². The topological polar surface area (TPSA) is 88.2 Å². The lowest BCUT2D eigenvalue weighted by Gasteiger charge is -2.36. The van der Waals surface area contributed by atoms with Crippen LogP contribution in [-0.4, -0.2) is 62.9 Å². The summed E-state index contributed by atoms with van der Waals surface area (Å²) in [5.41, 5.74) is 2.92. The number of hydrogen-bond donors (Lipinski definition) is 1. The number of piperazine rings is 1. The average molecular weight is 514 g/mol. The molecule has 38 heavy (non-hydrogen) atoms. The first kappa shape index (κ1) is 26.5. The average Bonchev–Trinajstić information content (AvgIpc) is 2.96. The highest BCUT2D eigenvalue weighted by Crippen LogP contribution is 2.29. The lowest BCUT2D eigenvalue weighted by Crippen LogP contribution is -2.50. The third kappa shape index (κ3) is 6.21. The van der Waals surface area contributed by atoms with E-state index in [2.05, 4.69) is 10.2 Å². The minimum atomic E-state index is -0.488. The van der Waals surface area contributed by atoms with Gasteiger partial charge in [-0.25, -0.2) is 0 Å². The van der Waals surface area contributed by atoms with Crippen LogP contribution in [0.5, 0.6) is 11.5 Å². The highest BCUT2D eigenvalue weighted by atomic mass is 16.5. The number of carbonyl (C=O) groups excluding carboxylic acids is 3. The van der Waals surface area contributed by atoms with Crippen molar-refractivity contribution < 1.29 is 23.9 Å². The summed E-state index contributed by atoms with van der Waals surface area (Å²) in [5.74, 6) is 0.243. The Labute approximate surface area is 222 Å². The summed E-state index contributed by atoms with van der Waals surface area (Å²) in [6, 6.07) is 21.7. The Morgan fingerprint density at radius 2 is 1.47 bits per heavy atom. The van der Waals surface area contributed by atoms with E-state index in [1.165, 1.54) is 7.11 Å². The van der Waals surface area contributed by atoms with Crippen molar-refractivity contribution in [3.05, 3.63) is 89.5 Å². The van der Waals surface area contributed by atoms with Gasteiger partial charge < -0.3 is 24.6 Å².